The molecule has 0 N–H and O–H groups in total. The van der Waals surface area contributed by atoms with Crippen molar-refractivity contribution in [3.8, 4) is 11.5 Å². The van der Waals surface area contributed by atoms with Crippen molar-refractivity contribution in [3.05, 3.63) is 24.3 Å². The van der Waals surface area contributed by atoms with E-state index in [1.54, 1.807) is 11.9 Å². The van der Waals surface area contributed by atoms with Gasteiger partial charge in [-0.3, -0.25) is 4.79 Å². The van der Waals surface area contributed by atoms with Crippen molar-refractivity contribution < 1.29 is 14.3 Å². The van der Waals surface area contributed by atoms with Gasteiger partial charge in [0.15, 0.2) is 11.5 Å². The first-order valence-corrected chi connectivity index (χ1v) is 7.45. The average Bonchev–Trinajstić information content (AvgIpc) is 2.50. The number of ether oxygens (including phenoxy) is 2. The van der Waals surface area contributed by atoms with Gasteiger partial charge in [-0.25, -0.2) is 0 Å². The predicted molar refractivity (Wildman–Crippen MR) is 78.6 cm³/mol. The highest BCUT2D eigenvalue weighted by Gasteiger charge is 2.29. The van der Waals surface area contributed by atoms with Crippen LogP contribution in [-0.2, 0) is 4.79 Å². The molecule has 1 heterocycles. The molecule has 0 fully saturated rings. The summed E-state index contributed by atoms with van der Waals surface area (Å²) in [6.07, 6.45) is 2.42. The third-order valence-corrected chi connectivity index (χ3v) is 3.55. The van der Waals surface area contributed by atoms with Gasteiger partial charge in [0.25, 0.3) is 5.91 Å². The molecule has 0 bridgehead atoms. The molecule has 0 aliphatic carbocycles. The number of fused-ring (bicyclic) bond motifs is 1. The molecule has 0 aromatic heterocycles. The summed E-state index contributed by atoms with van der Waals surface area (Å²) in [5.41, 5.74) is 0. The number of alkyl halides is 1. The quantitative estimate of drug-likeness (QED) is 0.598. The number of likely N-dealkylation sites (N-methyl/N-ethyl adjacent to an activating group) is 1. The third-order valence-electron chi connectivity index (χ3n) is 3.29. The molecule has 0 radical (unpaired) electrons. The van der Waals surface area contributed by atoms with E-state index in [1.165, 1.54) is 0 Å². The highest BCUT2D eigenvalue weighted by molar-refractivity contribution is 6.17. The number of carbonyl (C=O) groups is 1. The summed E-state index contributed by atoms with van der Waals surface area (Å²) in [6.45, 7) is 0.985. The summed E-state index contributed by atoms with van der Waals surface area (Å²) in [7, 11) is 1.80. The van der Waals surface area contributed by atoms with Crippen LogP contribution in [0.5, 0.6) is 11.5 Å². The normalized spacial score (nSPS) is 16.8. The van der Waals surface area contributed by atoms with E-state index in [1.807, 2.05) is 24.3 Å². The van der Waals surface area contributed by atoms with Gasteiger partial charge in [0, 0.05) is 19.5 Å². The number of carbonyl (C=O) groups excluding carboxylic acids is 1. The lowest BCUT2D eigenvalue weighted by Crippen LogP contribution is -2.45. The Morgan fingerprint density at radius 2 is 2.05 bits per heavy atom. The molecule has 20 heavy (non-hydrogen) atoms. The fourth-order valence-electron chi connectivity index (χ4n) is 2.12. The lowest BCUT2D eigenvalue weighted by atomic mass is 10.2. The smallest absolute Gasteiger partial charge is 0.267 e. The second-order valence-corrected chi connectivity index (χ2v) is 5.25. The Kier molecular flexibility index (Phi) is 5.53. The molecule has 4 nitrogen and oxygen atoms in total. The van der Waals surface area contributed by atoms with Crippen LogP contribution >= 0.6 is 11.6 Å². The molecule has 1 unspecified atom stereocenters. The van der Waals surface area contributed by atoms with E-state index in [0.717, 1.165) is 25.8 Å². The van der Waals surface area contributed by atoms with Crippen molar-refractivity contribution in [3.63, 3.8) is 0 Å². The second-order valence-electron chi connectivity index (χ2n) is 4.87. The number of nitrogens with zero attached hydrogens (tertiary/aromatic N) is 1. The number of hydrogen-bond donors (Lipinski definition) is 0. The summed E-state index contributed by atoms with van der Waals surface area (Å²) in [6, 6.07) is 7.40. The highest BCUT2D eigenvalue weighted by atomic mass is 35.5. The minimum Gasteiger partial charge on any atom is -0.485 e. The van der Waals surface area contributed by atoms with Crippen LogP contribution in [0, 0.1) is 0 Å². The van der Waals surface area contributed by atoms with Crippen molar-refractivity contribution in [2.24, 2.45) is 0 Å². The van der Waals surface area contributed by atoms with Crippen LogP contribution in [0.15, 0.2) is 24.3 Å². The molecule has 1 atom stereocenters. The number of amides is 1. The SMILES string of the molecule is CN(CCCCCCl)C(=O)C1COc2ccccc2O1. The number of hydrogen-bond acceptors (Lipinski definition) is 3. The Balaban J connectivity index is 1.84. The minimum absolute atomic E-state index is 0.0367. The standard InChI is InChI=1S/C15H20ClNO3/c1-17(10-6-2-5-9-16)15(18)14-11-19-12-7-3-4-8-13(12)20-14/h3-4,7-8,14H,2,5-6,9-11H2,1H3. The van der Waals surface area contributed by atoms with Crippen LogP contribution in [0.2, 0.25) is 0 Å². The molecule has 2 rings (SSSR count). The summed E-state index contributed by atoms with van der Waals surface area (Å²) < 4.78 is 11.3. The zero-order chi connectivity index (χ0) is 14.4. The maximum absolute atomic E-state index is 12.3. The molecule has 1 aliphatic heterocycles. The zero-order valence-electron chi connectivity index (χ0n) is 11.7. The zero-order valence-corrected chi connectivity index (χ0v) is 12.4. The molecule has 1 amide bonds. The molecule has 5 heteroatoms. The third kappa shape index (κ3) is 3.79. The van der Waals surface area contributed by atoms with Crippen molar-refractivity contribution >= 4 is 17.5 Å². The monoisotopic (exact) mass is 297 g/mol. The maximum atomic E-state index is 12.3. The Labute approximate surface area is 124 Å². The average molecular weight is 298 g/mol. The van der Waals surface area contributed by atoms with Crippen molar-refractivity contribution in [1.29, 1.82) is 0 Å². The van der Waals surface area contributed by atoms with Crippen molar-refractivity contribution in [2.45, 2.75) is 25.4 Å². The number of para-hydroxylation sites is 2. The Morgan fingerprint density at radius 1 is 1.30 bits per heavy atom. The van der Waals surface area contributed by atoms with Gasteiger partial charge in [-0.1, -0.05) is 18.6 Å². The van der Waals surface area contributed by atoms with E-state index in [2.05, 4.69) is 0 Å². The Hall–Kier alpha value is -1.42. The highest BCUT2D eigenvalue weighted by Crippen LogP contribution is 2.31. The minimum atomic E-state index is -0.553. The molecule has 0 spiro atoms. The largest absolute Gasteiger partial charge is 0.485 e. The van der Waals surface area contributed by atoms with E-state index < -0.39 is 6.10 Å². The molecule has 1 aromatic rings. The van der Waals surface area contributed by atoms with Gasteiger partial charge in [0.2, 0.25) is 6.10 Å². The predicted octanol–water partition coefficient (Wildman–Crippen LogP) is 2.69. The van der Waals surface area contributed by atoms with Gasteiger partial charge in [-0.2, -0.15) is 0 Å². The fourth-order valence-corrected chi connectivity index (χ4v) is 2.31. The van der Waals surface area contributed by atoms with Crippen LogP contribution in [-0.4, -0.2) is 43.0 Å². The molecule has 0 saturated heterocycles. The van der Waals surface area contributed by atoms with Gasteiger partial charge >= 0.3 is 0 Å². The molecular weight excluding hydrogens is 278 g/mol. The summed E-state index contributed by atoms with van der Waals surface area (Å²) >= 11 is 5.63. The van der Waals surface area contributed by atoms with Gasteiger partial charge in [-0.15, -0.1) is 11.6 Å². The van der Waals surface area contributed by atoms with Crippen LogP contribution < -0.4 is 9.47 Å². The maximum Gasteiger partial charge on any atom is 0.267 e. The summed E-state index contributed by atoms with van der Waals surface area (Å²) in [5, 5.41) is 0. The molecule has 110 valence electrons. The first-order valence-electron chi connectivity index (χ1n) is 6.92. The summed E-state index contributed by atoms with van der Waals surface area (Å²) in [4.78, 5) is 14.0. The van der Waals surface area contributed by atoms with Crippen LogP contribution in [0.25, 0.3) is 0 Å². The lowest BCUT2D eigenvalue weighted by molar-refractivity contribution is -0.139. The first kappa shape index (κ1) is 15.0. The van der Waals surface area contributed by atoms with Gasteiger partial charge in [-0.05, 0) is 25.0 Å². The molecular formula is C15H20ClNO3. The molecule has 1 aromatic carbocycles. The van der Waals surface area contributed by atoms with Gasteiger partial charge in [0.05, 0.1) is 0 Å². The Morgan fingerprint density at radius 3 is 2.80 bits per heavy atom. The number of rotatable bonds is 6. The second kappa shape index (κ2) is 7.39. The van der Waals surface area contributed by atoms with Crippen molar-refractivity contribution in [1.82, 2.24) is 4.90 Å². The van der Waals surface area contributed by atoms with E-state index >= 15 is 0 Å². The molecule has 1 aliphatic rings. The lowest BCUT2D eigenvalue weighted by Gasteiger charge is -2.28. The molecule has 0 saturated carbocycles. The number of unbranched alkanes of at least 4 members (excludes halogenated alkanes) is 2. The van der Waals surface area contributed by atoms with E-state index in [4.69, 9.17) is 21.1 Å². The van der Waals surface area contributed by atoms with Crippen LogP contribution in [0.4, 0.5) is 0 Å². The number of benzene rings is 1. The van der Waals surface area contributed by atoms with E-state index in [0.29, 0.717) is 17.4 Å². The van der Waals surface area contributed by atoms with Gasteiger partial charge < -0.3 is 14.4 Å². The van der Waals surface area contributed by atoms with Crippen LogP contribution in [0.1, 0.15) is 19.3 Å². The topological polar surface area (TPSA) is 38.8 Å². The fraction of sp³-hybridized carbons (Fsp3) is 0.533. The van der Waals surface area contributed by atoms with Crippen molar-refractivity contribution in [2.75, 3.05) is 26.1 Å². The van der Waals surface area contributed by atoms with E-state index in [9.17, 15) is 4.79 Å². The Bertz CT molecular complexity index is 452. The summed E-state index contributed by atoms with van der Waals surface area (Å²) in [5.74, 6) is 1.97. The number of halogens is 1. The van der Waals surface area contributed by atoms with Crippen LogP contribution in [0.3, 0.4) is 0 Å². The first-order chi connectivity index (χ1) is 9.72. The van der Waals surface area contributed by atoms with Gasteiger partial charge in [0.1, 0.15) is 6.61 Å². The van der Waals surface area contributed by atoms with E-state index in [-0.39, 0.29) is 12.5 Å².